The Kier molecular flexibility index (Phi) is 4.29. The van der Waals surface area contributed by atoms with Crippen LogP contribution in [0.4, 0.5) is 0 Å². The molecule has 8 heteroatoms. The number of carbonyl (C=O) groups is 3. The Morgan fingerprint density at radius 1 is 1.24 bits per heavy atom. The third kappa shape index (κ3) is 3.63. The van der Waals surface area contributed by atoms with E-state index in [1.807, 2.05) is 0 Å². The van der Waals surface area contributed by atoms with Crippen LogP contribution in [0.1, 0.15) is 5.56 Å². The van der Waals surface area contributed by atoms with Crippen LogP contribution in [-0.2, 0) is 14.4 Å². The van der Waals surface area contributed by atoms with E-state index in [2.05, 4.69) is 10.6 Å². The van der Waals surface area contributed by atoms with Gasteiger partial charge in [-0.3, -0.25) is 20.2 Å². The highest BCUT2D eigenvalue weighted by Gasteiger charge is 2.26. The highest BCUT2D eigenvalue weighted by molar-refractivity contribution is 7.80. The fraction of sp³-hybridized carbons (Fsp3) is 0.0769. The van der Waals surface area contributed by atoms with Gasteiger partial charge in [0, 0.05) is 5.56 Å². The summed E-state index contributed by atoms with van der Waals surface area (Å²) < 4.78 is 5.10. The zero-order valence-electron chi connectivity index (χ0n) is 10.6. The van der Waals surface area contributed by atoms with E-state index in [0.29, 0.717) is 5.56 Å². The van der Waals surface area contributed by atoms with E-state index >= 15 is 0 Å². The average molecular weight is 306 g/mol. The predicted molar refractivity (Wildman–Crippen MR) is 76.4 cm³/mol. The molecule has 1 heterocycles. The summed E-state index contributed by atoms with van der Waals surface area (Å²) in [5.74, 6) is -2.13. The second kappa shape index (κ2) is 6.14. The molecule has 3 N–H and O–H groups in total. The second-order valence-electron chi connectivity index (χ2n) is 4.02. The lowest BCUT2D eigenvalue weighted by Crippen LogP contribution is -2.51. The van der Waals surface area contributed by atoms with Crippen molar-refractivity contribution in [3.63, 3.8) is 0 Å². The SMILES string of the molecule is O=C(O)COc1ccccc1C=C1C(=O)NC(=S)NC1=O. The van der Waals surface area contributed by atoms with Crippen molar-refractivity contribution >= 4 is 41.2 Å². The lowest BCUT2D eigenvalue weighted by molar-refractivity contribution is -0.139. The van der Waals surface area contributed by atoms with Crippen LogP contribution in [0.25, 0.3) is 6.08 Å². The molecule has 0 bridgehead atoms. The molecule has 2 rings (SSSR count). The first-order chi connectivity index (χ1) is 9.97. The van der Waals surface area contributed by atoms with Gasteiger partial charge in [-0.1, -0.05) is 18.2 Å². The molecular formula is C13H10N2O5S. The summed E-state index contributed by atoms with van der Waals surface area (Å²) in [6, 6.07) is 6.45. The number of amides is 2. The average Bonchev–Trinajstić information content (AvgIpc) is 2.41. The van der Waals surface area contributed by atoms with Crippen molar-refractivity contribution in [1.29, 1.82) is 0 Å². The third-order valence-corrected chi connectivity index (χ3v) is 2.72. The molecule has 21 heavy (non-hydrogen) atoms. The van der Waals surface area contributed by atoms with E-state index in [1.165, 1.54) is 6.08 Å². The minimum Gasteiger partial charge on any atom is -0.481 e. The molecule has 0 atom stereocenters. The number of thiocarbonyl (C=S) groups is 1. The predicted octanol–water partition coefficient (Wildman–Crippen LogP) is 0.0643. The zero-order chi connectivity index (χ0) is 15.4. The minimum absolute atomic E-state index is 0.0578. The maximum absolute atomic E-state index is 11.7. The van der Waals surface area contributed by atoms with Gasteiger partial charge in [0.25, 0.3) is 11.8 Å². The van der Waals surface area contributed by atoms with Crippen LogP contribution >= 0.6 is 12.2 Å². The maximum Gasteiger partial charge on any atom is 0.341 e. The molecule has 0 aromatic heterocycles. The summed E-state index contributed by atoms with van der Waals surface area (Å²) in [6.45, 7) is -0.525. The number of carboxylic acids is 1. The molecule has 0 unspecified atom stereocenters. The van der Waals surface area contributed by atoms with Crippen molar-refractivity contribution < 1.29 is 24.2 Å². The van der Waals surface area contributed by atoms with E-state index in [-0.39, 0.29) is 16.4 Å². The van der Waals surface area contributed by atoms with Gasteiger partial charge in [0.05, 0.1) is 0 Å². The summed E-state index contributed by atoms with van der Waals surface area (Å²) in [6.07, 6.45) is 1.31. The van der Waals surface area contributed by atoms with Gasteiger partial charge < -0.3 is 9.84 Å². The van der Waals surface area contributed by atoms with Crippen LogP contribution in [0, 0.1) is 0 Å². The van der Waals surface area contributed by atoms with Crippen LogP contribution in [0.5, 0.6) is 5.75 Å². The highest BCUT2D eigenvalue weighted by atomic mass is 32.1. The zero-order valence-corrected chi connectivity index (χ0v) is 11.4. The monoisotopic (exact) mass is 306 g/mol. The van der Waals surface area contributed by atoms with Gasteiger partial charge in [-0.25, -0.2) is 4.79 Å². The number of para-hydroxylation sites is 1. The quantitative estimate of drug-likeness (QED) is 0.413. The van der Waals surface area contributed by atoms with E-state index < -0.39 is 24.4 Å². The molecular weight excluding hydrogens is 296 g/mol. The Bertz CT molecular complexity index is 646. The Labute approximate surface area is 124 Å². The van der Waals surface area contributed by atoms with Crippen molar-refractivity contribution in [2.75, 3.05) is 6.61 Å². The topological polar surface area (TPSA) is 105 Å². The Hall–Kier alpha value is -2.74. The molecule has 1 fully saturated rings. The van der Waals surface area contributed by atoms with Gasteiger partial charge in [-0.15, -0.1) is 0 Å². The van der Waals surface area contributed by atoms with Crippen molar-refractivity contribution in [3.05, 3.63) is 35.4 Å². The molecule has 1 aromatic rings. The molecule has 108 valence electrons. The molecule has 1 aliphatic heterocycles. The standard InChI is InChI=1S/C13H10N2O5S/c16-10(17)6-20-9-4-2-1-3-7(9)5-8-11(18)14-13(21)15-12(8)19/h1-5H,6H2,(H,16,17)(H2,14,15,18,19,21). The summed E-state index contributed by atoms with van der Waals surface area (Å²) in [5.41, 5.74) is 0.266. The van der Waals surface area contributed by atoms with Crippen LogP contribution in [0.2, 0.25) is 0 Å². The Morgan fingerprint density at radius 2 is 1.86 bits per heavy atom. The van der Waals surface area contributed by atoms with Crippen LogP contribution in [0.3, 0.4) is 0 Å². The third-order valence-electron chi connectivity index (χ3n) is 2.51. The van der Waals surface area contributed by atoms with Gasteiger partial charge in [0.15, 0.2) is 11.7 Å². The van der Waals surface area contributed by atoms with Crippen molar-refractivity contribution in [2.24, 2.45) is 0 Å². The van der Waals surface area contributed by atoms with Crippen LogP contribution < -0.4 is 15.4 Å². The first-order valence-electron chi connectivity index (χ1n) is 5.79. The fourth-order valence-corrected chi connectivity index (χ4v) is 1.82. The number of hydrogen-bond donors (Lipinski definition) is 3. The molecule has 1 saturated heterocycles. The van der Waals surface area contributed by atoms with E-state index in [0.717, 1.165) is 0 Å². The number of ether oxygens (including phenoxy) is 1. The molecule has 0 spiro atoms. The smallest absolute Gasteiger partial charge is 0.341 e. The van der Waals surface area contributed by atoms with E-state index in [4.69, 9.17) is 22.1 Å². The minimum atomic E-state index is -1.13. The van der Waals surface area contributed by atoms with Crippen LogP contribution in [-0.4, -0.2) is 34.6 Å². The van der Waals surface area contributed by atoms with Crippen LogP contribution in [0.15, 0.2) is 29.8 Å². The van der Waals surface area contributed by atoms with Gasteiger partial charge in [0.1, 0.15) is 11.3 Å². The first-order valence-corrected chi connectivity index (χ1v) is 6.20. The number of hydrogen-bond acceptors (Lipinski definition) is 5. The van der Waals surface area contributed by atoms with E-state index in [9.17, 15) is 14.4 Å². The molecule has 1 aliphatic rings. The first kappa shape index (κ1) is 14.7. The number of carbonyl (C=O) groups excluding carboxylic acids is 2. The number of nitrogens with one attached hydrogen (secondary N) is 2. The summed E-state index contributed by atoms with van der Waals surface area (Å²) in [4.78, 5) is 34.0. The van der Waals surface area contributed by atoms with Crippen molar-refractivity contribution in [1.82, 2.24) is 10.6 Å². The normalized spacial score (nSPS) is 14.3. The largest absolute Gasteiger partial charge is 0.481 e. The van der Waals surface area contributed by atoms with Gasteiger partial charge >= 0.3 is 5.97 Å². The molecule has 0 aliphatic carbocycles. The molecule has 0 saturated carbocycles. The summed E-state index contributed by atoms with van der Waals surface area (Å²) >= 11 is 4.69. The summed E-state index contributed by atoms with van der Waals surface area (Å²) in [7, 11) is 0. The lowest BCUT2D eigenvalue weighted by atomic mass is 10.1. The molecule has 1 aromatic carbocycles. The van der Waals surface area contributed by atoms with Gasteiger partial charge in [0.2, 0.25) is 0 Å². The Morgan fingerprint density at radius 3 is 2.48 bits per heavy atom. The lowest BCUT2D eigenvalue weighted by Gasteiger charge is -2.16. The number of benzene rings is 1. The number of rotatable bonds is 4. The second-order valence-corrected chi connectivity index (χ2v) is 4.42. The number of carboxylic acid groups (broad SMARTS) is 1. The van der Waals surface area contributed by atoms with Gasteiger partial charge in [-0.2, -0.15) is 0 Å². The fourth-order valence-electron chi connectivity index (χ4n) is 1.63. The highest BCUT2D eigenvalue weighted by Crippen LogP contribution is 2.21. The van der Waals surface area contributed by atoms with Crippen molar-refractivity contribution in [3.8, 4) is 5.75 Å². The summed E-state index contributed by atoms with van der Waals surface area (Å²) in [5, 5.41) is 13.2. The maximum atomic E-state index is 11.7. The van der Waals surface area contributed by atoms with Gasteiger partial charge in [-0.05, 0) is 24.4 Å². The molecule has 2 amide bonds. The van der Waals surface area contributed by atoms with E-state index in [1.54, 1.807) is 24.3 Å². The molecule has 7 nitrogen and oxygen atoms in total. The van der Waals surface area contributed by atoms with Crippen molar-refractivity contribution in [2.45, 2.75) is 0 Å². The Balaban J connectivity index is 2.31. The number of aliphatic carboxylic acids is 1. The molecule has 0 radical (unpaired) electrons.